The van der Waals surface area contributed by atoms with Crippen LogP contribution in [0.25, 0.3) is 0 Å². The average Bonchev–Trinajstić information content (AvgIpc) is 2.76. The number of aromatic nitrogens is 1. The lowest BCUT2D eigenvalue weighted by atomic mass is 9.92. The predicted molar refractivity (Wildman–Crippen MR) is 118 cm³/mol. The molecule has 0 saturated heterocycles. The van der Waals surface area contributed by atoms with Crippen LogP contribution in [0.4, 0.5) is 0 Å². The Morgan fingerprint density at radius 2 is 2.00 bits per heavy atom. The summed E-state index contributed by atoms with van der Waals surface area (Å²) in [5, 5.41) is 13.3. The maximum absolute atomic E-state index is 12.5. The molecule has 0 unspecified atom stereocenters. The number of rotatable bonds is 8. The van der Waals surface area contributed by atoms with Gasteiger partial charge in [0.15, 0.2) is 0 Å². The second-order valence-electron chi connectivity index (χ2n) is 7.09. The van der Waals surface area contributed by atoms with Crippen LogP contribution in [0.2, 0.25) is 5.02 Å². The van der Waals surface area contributed by atoms with Gasteiger partial charge in [-0.05, 0) is 56.4 Å². The topological polar surface area (TPSA) is 84.2 Å². The number of ether oxygens (including phenoxy) is 2. The van der Waals surface area contributed by atoms with E-state index >= 15 is 0 Å². The first-order chi connectivity index (χ1) is 14.6. The Morgan fingerprint density at radius 3 is 2.63 bits per heavy atom. The van der Waals surface area contributed by atoms with Crippen molar-refractivity contribution in [2.45, 2.75) is 44.2 Å². The summed E-state index contributed by atoms with van der Waals surface area (Å²) >= 11 is 9.42. The van der Waals surface area contributed by atoms with Crippen molar-refractivity contribution in [3.63, 3.8) is 0 Å². The van der Waals surface area contributed by atoms with Gasteiger partial charge in [-0.15, -0.1) is 0 Å². The predicted octanol–water partition coefficient (Wildman–Crippen LogP) is 4.89. The summed E-state index contributed by atoms with van der Waals surface area (Å²) in [6.45, 7) is 0.610. The standard InChI is InChI=1S/C22H23BrClN3O3/c23-10-1-11-29-19-8-9-21(26-14-19)22(28)27-16-3-6-17(7-4-16)30-18-5-2-15(13-25)20(24)12-18/h2,5,8-9,12,14,16-17H,1,3-4,6-7,10-11H2,(H,27,28)/t16-,17-. The molecular weight excluding hydrogens is 470 g/mol. The molecule has 8 heteroatoms. The fourth-order valence-electron chi connectivity index (χ4n) is 3.28. The van der Waals surface area contributed by atoms with Crippen molar-refractivity contribution in [2.75, 3.05) is 11.9 Å². The van der Waals surface area contributed by atoms with Crippen LogP contribution in [-0.4, -0.2) is 35.0 Å². The van der Waals surface area contributed by atoms with Gasteiger partial charge in [-0.1, -0.05) is 27.5 Å². The first-order valence-corrected chi connectivity index (χ1v) is 11.4. The smallest absolute Gasteiger partial charge is 0.270 e. The molecule has 1 aromatic heterocycles. The van der Waals surface area contributed by atoms with E-state index in [1.165, 1.54) is 0 Å². The summed E-state index contributed by atoms with van der Waals surface area (Å²) in [5.41, 5.74) is 0.816. The molecule has 1 N–H and O–H groups in total. The summed E-state index contributed by atoms with van der Waals surface area (Å²) in [4.78, 5) is 16.7. The molecule has 158 valence electrons. The number of carbonyl (C=O) groups excluding carboxylic acids is 1. The van der Waals surface area contributed by atoms with E-state index in [2.05, 4.69) is 26.2 Å². The van der Waals surface area contributed by atoms with Crippen LogP contribution in [0.3, 0.4) is 0 Å². The number of halogens is 2. The Kier molecular flexibility index (Phi) is 8.35. The van der Waals surface area contributed by atoms with Crippen molar-refractivity contribution in [3.8, 4) is 17.6 Å². The van der Waals surface area contributed by atoms with Crippen molar-refractivity contribution >= 4 is 33.4 Å². The lowest BCUT2D eigenvalue weighted by molar-refractivity contribution is 0.0889. The number of carbonyl (C=O) groups is 1. The molecule has 0 radical (unpaired) electrons. The summed E-state index contributed by atoms with van der Waals surface area (Å²) < 4.78 is 11.5. The monoisotopic (exact) mass is 491 g/mol. The zero-order chi connectivity index (χ0) is 21.3. The van der Waals surface area contributed by atoms with Gasteiger partial charge in [0.05, 0.1) is 29.5 Å². The maximum atomic E-state index is 12.5. The molecule has 1 aromatic carbocycles. The molecule has 3 rings (SSSR count). The molecule has 30 heavy (non-hydrogen) atoms. The van der Waals surface area contributed by atoms with Gasteiger partial charge in [0, 0.05) is 17.4 Å². The zero-order valence-corrected chi connectivity index (χ0v) is 18.8. The van der Waals surface area contributed by atoms with Gasteiger partial charge in [-0.2, -0.15) is 5.26 Å². The molecule has 1 fully saturated rings. The van der Waals surface area contributed by atoms with E-state index < -0.39 is 0 Å². The van der Waals surface area contributed by atoms with Crippen LogP contribution in [-0.2, 0) is 0 Å². The van der Waals surface area contributed by atoms with Crippen LogP contribution >= 0.6 is 27.5 Å². The van der Waals surface area contributed by atoms with Gasteiger partial charge in [-0.3, -0.25) is 4.79 Å². The largest absolute Gasteiger partial charge is 0.492 e. The molecule has 0 aliphatic heterocycles. The van der Waals surface area contributed by atoms with Crippen LogP contribution in [0, 0.1) is 11.3 Å². The number of alkyl halides is 1. The number of nitrogens with zero attached hydrogens (tertiary/aromatic N) is 2. The van der Waals surface area contributed by atoms with Crippen molar-refractivity contribution < 1.29 is 14.3 Å². The Labute approximate surface area is 189 Å². The molecule has 0 bridgehead atoms. The van der Waals surface area contributed by atoms with Crippen LogP contribution < -0.4 is 14.8 Å². The summed E-state index contributed by atoms with van der Waals surface area (Å²) in [6.07, 6.45) is 5.87. The molecule has 1 amide bonds. The lowest BCUT2D eigenvalue weighted by Crippen LogP contribution is -2.40. The van der Waals surface area contributed by atoms with Gasteiger partial charge >= 0.3 is 0 Å². The Bertz CT molecular complexity index is 893. The maximum Gasteiger partial charge on any atom is 0.270 e. The minimum atomic E-state index is -0.176. The third kappa shape index (κ3) is 6.35. The van der Waals surface area contributed by atoms with E-state index in [9.17, 15) is 4.79 Å². The van der Waals surface area contributed by atoms with Crippen LogP contribution in [0.15, 0.2) is 36.5 Å². The van der Waals surface area contributed by atoms with E-state index in [-0.39, 0.29) is 18.1 Å². The number of nitriles is 1. The molecule has 0 atom stereocenters. The van der Waals surface area contributed by atoms with E-state index in [0.717, 1.165) is 37.4 Å². The van der Waals surface area contributed by atoms with Crippen molar-refractivity contribution in [1.82, 2.24) is 10.3 Å². The van der Waals surface area contributed by atoms with Crippen molar-refractivity contribution in [3.05, 3.63) is 52.8 Å². The third-order valence-electron chi connectivity index (χ3n) is 4.89. The number of pyridine rings is 1. The number of benzene rings is 1. The highest BCUT2D eigenvalue weighted by Crippen LogP contribution is 2.27. The summed E-state index contributed by atoms with van der Waals surface area (Å²) in [5.74, 6) is 1.15. The minimum Gasteiger partial charge on any atom is -0.492 e. The third-order valence-corrected chi connectivity index (χ3v) is 5.76. The number of amides is 1. The first kappa shape index (κ1) is 22.4. The van der Waals surface area contributed by atoms with E-state index in [0.29, 0.717) is 34.4 Å². The minimum absolute atomic E-state index is 0.0660. The van der Waals surface area contributed by atoms with Crippen molar-refractivity contribution in [2.24, 2.45) is 0 Å². The molecule has 1 saturated carbocycles. The van der Waals surface area contributed by atoms with Crippen molar-refractivity contribution in [1.29, 1.82) is 5.26 Å². The number of hydrogen-bond acceptors (Lipinski definition) is 5. The quantitative estimate of drug-likeness (QED) is 0.419. The molecule has 1 aliphatic rings. The Hall–Kier alpha value is -2.30. The molecule has 0 spiro atoms. The van der Waals surface area contributed by atoms with E-state index in [4.69, 9.17) is 26.3 Å². The lowest BCUT2D eigenvalue weighted by Gasteiger charge is -2.29. The zero-order valence-electron chi connectivity index (χ0n) is 16.4. The average molecular weight is 493 g/mol. The number of nitrogens with one attached hydrogen (secondary N) is 1. The fraction of sp³-hybridized carbons (Fsp3) is 0.409. The summed E-state index contributed by atoms with van der Waals surface area (Å²) in [7, 11) is 0. The normalized spacial score (nSPS) is 18.3. The highest BCUT2D eigenvalue weighted by Gasteiger charge is 2.24. The highest BCUT2D eigenvalue weighted by atomic mass is 79.9. The molecule has 6 nitrogen and oxygen atoms in total. The fourth-order valence-corrected chi connectivity index (χ4v) is 3.72. The molecule has 2 aromatic rings. The van der Waals surface area contributed by atoms with Gasteiger partial charge in [0.1, 0.15) is 23.3 Å². The molecule has 1 aliphatic carbocycles. The van der Waals surface area contributed by atoms with E-state index in [1.54, 1.807) is 36.5 Å². The van der Waals surface area contributed by atoms with E-state index in [1.807, 2.05) is 6.07 Å². The Morgan fingerprint density at radius 1 is 1.23 bits per heavy atom. The first-order valence-electron chi connectivity index (χ1n) is 9.91. The highest BCUT2D eigenvalue weighted by molar-refractivity contribution is 9.09. The number of hydrogen-bond donors (Lipinski definition) is 1. The molecule has 1 heterocycles. The van der Waals surface area contributed by atoms with Gasteiger partial charge < -0.3 is 14.8 Å². The Balaban J connectivity index is 1.44. The van der Waals surface area contributed by atoms with Gasteiger partial charge in [0.25, 0.3) is 5.91 Å². The SMILES string of the molecule is N#Cc1ccc(O[C@H]2CC[C@H](NC(=O)c3ccc(OCCCBr)cn3)CC2)cc1Cl. The van der Waals surface area contributed by atoms with Gasteiger partial charge in [-0.25, -0.2) is 4.98 Å². The van der Waals surface area contributed by atoms with Gasteiger partial charge in [0.2, 0.25) is 0 Å². The summed E-state index contributed by atoms with van der Waals surface area (Å²) in [6, 6.07) is 10.7. The van der Waals surface area contributed by atoms with Crippen LogP contribution in [0.1, 0.15) is 48.2 Å². The second kappa shape index (κ2) is 11.2. The van der Waals surface area contributed by atoms with Crippen LogP contribution in [0.5, 0.6) is 11.5 Å². The second-order valence-corrected chi connectivity index (χ2v) is 8.29. The molecular formula is C22H23BrClN3O3.